The highest BCUT2D eigenvalue weighted by molar-refractivity contribution is 6.00. The van der Waals surface area contributed by atoms with Gasteiger partial charge in [0.05, 0.1) is 18.5 Å². The number of amides is 2. The van der Waals surface area contributed by atoms with E-state index in [1.165, 1.54) is 6.42 Å². The third-order valence-electron chi connectivity index (χ3n) is 7.95. The van der Waals surface area contributed by atoms with E-state index in [0.717, 1.165) is 64.1 Å². The fourth-order valence-electron chi connectivity index (χ4n) is 5.66. The SMILES string of the molecule is CN1CCN(CCN2C(=O)c3ccc(-c4ccco4)n3C[C@]2(C)C(=O)NC2CCCCC2)CC1. The second-order valence-electron chi connectivity index (χ2n) is 10.4. The van der Waals surface area contributed by atoms with Crippen molar-refractivity contribution in [3.63, 3.8) is 0 Å². The summed E-state index contributed by atoms with van der Waals surface area (Å²) in [6, 6.07) is 7.73. The lowest BCUT2D eigenvalue weighted by molar-refractivity contribution is -0.134. The van der Waals surface area contributed by atoms with Gasteiger partial charge in [0.2, 0.25) is 5.91 Å². The van der Waals surface area contributed by atoms with Crippen LogP contribution in [0.1, 0.15) is 49.5 Å². The second-order valence-corrected chi connectivity index (χ2v) is 10.4. The lowest BCUT2D eigenvalue weighted by atomic mass is 9.91. The van der Waals surface area contributed by atoms with Crippen molar-refractivity contribution >= 4 is 11.8 Å². The van der Waals surface area contributed by atoms with Gasteiger partial charge in [-0.15, -0.1) is 0 Å². The number of likely N-dealkylation sites (N-methyl/N-ethyl adjacent to an activating group) is 1. The Balaban J connectivity index is 1.42. The average Bonchev–Trinajstić information content (AvgIpc) is 3.50. The maximum atomic E-state index is 13.8. The molecule has 1 atom stereocenters. The van der Waals surface area contributed by atoms with E-state index in [9.17, 15) is 9.59 Å². The Morgan fingerprint density at radius 2 is 1.79 bits per heavy atom. The van der Waals surface area contributed by atoms with Crippen molar-refractivity contribution < 1.29 is 14.0 Å². The zero-order valence-corrected chi connectivity index (χ0v) is 20.5. The number of hydrogen-bond acceptors (Lipinski definition) is 5. The van der Waals surface area contributed by atoms with E-state index in [0.29, 0.717) is 24.5 Å². The number of furan rings is 1. The largest absolute Gasteiger partial charge is 0.463 e. The Morgan fingerprint density at radius 1 is 1.06 bits per heavy atom. The lowest BCUT2D eigenvalue weighted by Crippen LogP contribution is -2.66. The first-order valence-electron chi connectivity index (χ1n) is 12.7. The van der Waals surface area contributed by atoms with Crippen LogP contribution in [0.5, 0.6) is 0 Å². The molecule has 8 nitrogen and oxygen atoms in total. The maximum absolute atomic E-state index is 13.8. The van der Waals surface area contributed by atoms with Gasteiger partial charge in [-0.1, -0.05) is 19.3 Å². The molecule has 5 rings (SSSR count). The summed E-state index contributed by atoms with van der Waals surface area (Å²) in [4.78, 5) is 34.2. The zero-order chi connectivity index (χ0) is 23.7. The van der Waals surface area contributed by atoms with Gasteiger partial charge in [0, 0.05) is 45.3 Å². The molecular formula is C26H37N5O3. The van der Waals surface area contributed by atoms with Crippen LogP contribution in [0.2, 0.25) is 0 Å². The highest BCUT2D eigenvalue weighted by atomic mass is 16.3. The molecule has 1 saturated carbocycles. The van der Waals surface area contributed by atoms with Crippen LogP contribution in [-0.2, 0) is 11.3 Å². The Hall–Kier alpha value is -2.58. The summed E-state index contributed by atoms with van der Waals surface area (Å²) in [5.74, 6) is 0.579. The minimum Gasteiger partial charge on any atom is -0.463 e. The number of carbonyl (C=O) groups is 2. The first-order valence-corrected chi connectivity index (χ1v) is 12.7. The summed E-state index contributed by atoms with van der Waals surface area (Å²) in [5.41, 5.74) is 0.491. The van der Waals surface area contributed by atoms with Gasteiger partial charge in [-0.2, -0.15) is 0 Å². The molecule has 34 heavy (non-hydrogen) atoms. The monoisotopic (exact) mass is 467 g/mol. The normalized spacial score (nSPS) is 24.9. The minimum absolute atomic E-state index is 0.0455. The number of hydrogen-bond donors (Lipinski definition) is 1. The average molecular weight is 468 g/mol. The third-order valence-corrected chi connectivity index (χ3v) is 7.95. The number of carbonyl (C=O) groups excluding carboxylic acids is 2. The summed E-state index contributed by atoms with van der Waals surface area (Å²) < 4.78 is 7.60. The Bertz CT molecular complexity index is 1000. The molecule has 0 aromatic carbocycles. The molecule has 0 spiro atoms. The van der Waals surface area contributed by atoms with Crippen LogP contribution in [0.25, 0.3) is 11.5 Å². The number of fused-ring (bicyclic) bond motifs is 1. The number of aromatic nitrogens is 1. The highest BCUT2D eigenvalue weighted by Gasteiger charge is 2.48. The van der Waals surface area contributed by atoms with E-state index >= 15 is 0 Å². The quantitative estimate of drug-likeness (QED) is 0.707. The van der Waals surface area contributed by atoms with E-state index < -0.39 is 5.54 Å². The van der Waals surface area contributed by atoms with Crippen LogP contribution in [0.15, 0.2) is 34.9 Å². The van der Waals surface area contributed by atoms with Crippen molar-refractivity contribution in [2.75, 3.05) is 46.3 Å². The van der Waals surface area contributed by atoms with Gasteiger partial charge in [-0.25, -0.2) is 0 Å². The van der Waals surface area contributed by atoms with Crippen LogP contribution < -0.4 is 5.32 Å². The van der Waals surface area contributed by atoms with Gasteiger partial charge in [0.1, 0.15) is 17.0 Å². The summed E-state index contributed by atoms with van der Waals surface area (Å²) >= 11 is 0. The summed E-state index contributed by atoms with van der Waals surface area (Å²) in [6.45, 7) is 7.70. The van der Waals surface area contributed by atoms with Crippen LogP contribution in [0.4, 0.5) is 0 Å². The fraction of sp³-hybridized carbons (Fsp3) is 0.615. The Kier molecular flexibility index (Phi) is 6.53. The smallest absolute Gasteiger partial charge is 0.271 e. The standard InChI is InChI=1S/C26H37N5O3/c1-26(25(33)27-20-7-4-3-5-8-20)19-30-21(23-9-6-18-34-23)10-11-22(30)24(32)31(26)17-16-29-14-12-28(2)13-15-29/h6,9-11,18,20H,3-5,7-8,12-17,19H2,1-2H3,(H,27,33)/t26-/m1/s1. The Morgan fingerprint density at radius 3 is 2.50 bits per heavy atom. The first-order chi connectivity index (χ1) is 16.5. The molecule has 2 aliphatic heterocycles. The van der Waals surface area contributed by atoms with Crippen molar-refractivity contribution in [1.82, 2.24) is 24.6 Å². The number of rotatable bonds is 6. The molecule has 2 fully saturated rings. The van der Waals surface area contributed by atoms with Crippen LogP contribution >= 0.6 is 0 Å². The van der Waals surface area contributed by atoms with Gasteiger partial charge < -0.3 is 24.1 Å². The topological polar surface area (TPSA) is 74.0 Å². The van der Waals surface area contributed by atoms with Crippen molar-refractivity contribution in [2.45, 2.75) is 57.2 Å². The zero-order valence-electron chi connectivity index (χ0n) is 20.5. The van der Waals surface area contributed by atoms with Gasteiger partial charge >= 0.3 is 0 Å². The molecule has 1 aliphatic carbocycles. The van der Waals surface area contributed by atoms with Crippen LogP contribution in [0.3, 0.4) is 0 Å². The van der Waals surface area contributed by atoms with Crippen LogP contribution in [0, 0.1) is 0 Å². The fourth-order valence-corrected chi connectivity index (χ4v) is 5.66. The second kappa shape index (κ2) is 9.58. The molecule has 2 aromatic rings. The van der Waals surface area contributed by atoms with Gasteiger partial charge in [0.25, 0.3) is 5.91 Å². The van der Waals surface area contributed by atoms with Crippen LogP contribution in [-0.4, -0.2) is 89.0 Å². The molecule has 0 radical (unpaired) electrons. The summed E-state index contributed by atoms with van der Waals surface area (Å²) in [7, 11) is 2.14. The Labute approximate surface area is 201 Å². The lowest BCUT2D eigenvalue weighted by Gasteiger charge is -2.46. The first kappa shape index (κ1) is 23.2. The molecule has 0 bridgehead atoms. The van der Waals surface area contributed by atoms with Crippen molar-refractivity contribution in [1.29, 1.82) is 0 Å². The van der Waals surface area contributed by atoms with E-state index in [2.05, 4.69) is 22.2 Å². The van der Waals surface area contributed by atoms with E-state index in [-0.39, 0.29) is 17.9 Å². The van der Waals surface area contributed by atoms with Crippen molar-refractivity contribution in [3.8, 4) is 11.5 Å². The number of nitrogens with zero attached hydrogens (tertiary/aromatic N) is 4. The predicted octanol–water partition coefficient (Wildman–Crippen LogP) is 2.66. The molecule has 1 N–H and O–H groups in total. The molecule has 3 aliphatic rings. The third kappa shape index (κ3) is 4.41. The summed E-state index contributed by atoms with van der Waals surface area (Å²) in [6.07, 6.45) is 7.21. The highest BCUT2D eigenvalue weighted by Crippen LogP contribution is 2.33. The predicted molar refractivity (Wildman–Crippen MR) is 131 cm³/mol. The van der Waals surface area contributed by atoms with Gasteiger partial charge in [0.15, 0.2) is 0 Å². The number of piperazine rings is 1. The molecule has 8 heteroatoms. The summed E-state index contributed by atoms with van der Waals surface area (Å²) in [5, 5.41) is 3.31. The van der Waals surface area contributed by atoms with E-state index in [1.807, 2.05) is 40.7 Å². The molecule has 184 valence electrons. The maximum Gasteiger partial charge on any atom is 0.271 e. The molecule has 4 heterocycles. The molecule has 2 amide bonds. The number of nitrogens with one attached hydrogen (secondary N) is 1. The molecule has 0 unspecified atom stereocenters. The minimum atomic E-state index is -0.964. The molecular weight excluding hydrogens is 430 g/mol. The van der Waals surface area contributed by atoms with E-state index in [4.69, 9.17) is 4.42 Å². The van der Waals surface area contributed by atoms with Crippen molar-refractivity contribution in [3.05, 3.63) is 36.2 Å². The van der Waals surface area contributed by atoms with E-state index in [1.54, 1.807) is 6.26 Å². The van der Waals surface area contributed by atoms with Gasteiger partial charge in [-0.05, 0) is 51.1 Å². The van der Waals surface area contributed by atoms with Crippen molar-refractivity contribution in [2.24, 2.45) is 0 Å². The molecule has 2 aromatic heterocycles. The molecule has 1 saturated heterocycles. The van der Waals surface area contributed by atoms with Gasteiger partial charge in [-0.3, -0.25) is 14.5 Å².